The Hall–Kier alpha value is -0.120. The Bertz CT molecular complexity index is 256. The van der Waals surface area contributed by atoms with Gasteiger partial charge in [0.25, 0.3) is 0 Å². The molecule has 0 amide bonds. The topological polar surface area (TPSA) is 24.5 Å². The van der Waals surface area contributed by atoms with E-state index in [0.717, 1.165) is 26.2 Å². The molecule has 1 aliphatic rings. The Kier molecular flexibility index (Phi) is 6.28. The third kappa shape index (κ3) is 5.41. The quantitative estimate of drug-likeness (QED) is 0.831. The maximum absolute atomic E-state index is 5.89. The third-order valence-corrected chi connectivity index (χ3v) is 4.46. The molecule has 0 radical (unpaired) electrons. The second-order valence-corrected chi connectivity index (χ2v) is 6.98. The molecule has 1 fully saturated rings. The van der Waals surface area contributed by atoms with Crippen molar-refractivity contribution in [2.45, 2.75) is 78.0 Å². The molecular formula is C16H34N2O. The minimum atomic E-state index is -0.0278. The van der Waals surface area contributed by atoms with Gasteiger partial charge in [-0.15, -0.1) is 0 Å². The number of hydrogen-bond acceptors (Lipinski definition) is 3. The average Bonchev–Trinajstić information content (AvgIpc) is 2.49. The van der Waals surface area contributed by atoms with Gasteiger partial charge >= 0.3 is 0 Å². The van der Waals surface area contributed by atoms with Crippen LogP contribution in [-0.4, -0.2) is 48.3 Å². The summed E-state index contributed by atoms with van der Waals surface area (Å²) in [6, 6.07) is 0.649. The Balaban J connectivity index is 2.57. The fourth-order valence-electron chi connectivity index (χ4n) is 2.82. The van der Waals surface area contributed by atoms with Crippen LogP contribution in [-0.2, 0) is 4.74 Å². The molecule has 1 atom stereocenters. The summed E-state index contributed by atoms with van der Waals surface area (Å²) < 4.78 is 5.89. The Morgan fingerprint density at radius 2 is 1.89 bits per heavy atom. The standard InChI is InChI=1S/C16H34N2O/c1-7-16(8-2)13-18(14(3)9-10-17-16)11-12-19-15(4,5)6/h14,17H,7-13H2,1-6H3. The molecule has 0 aromatic rings. The molecule has 0 saturated carbocycles. The highest BCUT2D eigenvalue weighted by molar-refractivity contribution is 4.93. The molecule has 0 aliphatic carbocycles. The molecule has 0 bridgehead atoms. The lowest BCUT2D eigenvalue weighted by Crippen LogP contribution is -2.52. The molecule has 0 aromatic heterocycles. The van der Waals surface area contributed by atoms with Crippen LogP contribution in [0.1, 0.15) is 60.8 Å². The summed E-state index contributed by atoms with van der Waals surface area (Å²) in [6.07, 6.45) is 3.64. The molecule has 1 rings (SSSR count). The maximum Gasteiger partial charge on any atom is 0.0600 e. The molecule has 3 nitrogen and oxygen atoms in total. The van der Waals surface area contributed by atoms with Crippen molar-refractivity contribution in [1.82, 2.24) is 10.2 Å². The predicted molar refractivity (Wildman–Crippen MR) is 82.7 cm³/mol. The van der Waals surface area contributed by atoms with Crippen molar-refractivity contribution in [3.05, 3.63) is 0 Å². The first-order chi connectivity index (χ1) is 8.82. The van der Waals surface area contributed by atoms with Crippen molar-refractivity contribution in [3.63, 3.8) is 0 Å². The number of nitrogens with zero attached hydrogens (tertiary/aromatic N) is 1. The molecule has 114 valence electrons. The zero-order valence-corrected chi connectivity index (χ0v) is 13.9. The summed E-state index contributed by atoms with van der Waals surface area (Å²) in [4.78, 5) is 2.61. The highest BCUT2D eigenvalue weighted by Gasteiger charge is 2.32. The average molecular weight is 270 g/mol. The maximum atomic E-state index is 5.89. The molecule has 1 saturated heterocycles. The summed E-state index contributed by atoms with van der Waals surface area (Å²) in [5, 5.41) is 3.78. The van der Waals surface area contributed by atoms with Crippen molar-refractivity contribution in [2.24, 2.45) is 0 Å². The number of rotatable bonds is 5. The van der Waals surface area contributed by atoms with E-state index >= 15 is 0 Å². The van der Waals surface area contributed by atoms with E-state index in [0.29, 0.717) is 11.6 Å². The largest absolute Gasteiger partial charge is 0.375 e. The second-order valence-electron chi connectivity index (χ2n) is 6.98. The molecule has 1 heterocycles. The Morgan fingerprint density at radius 1 is 1.26 bits per heavy atom. The number of nitrogens with one attached hydrogen (secondary N) is 1. The van der Waals surface area contributed by atoms with Crippen LogP contribution in [0, 0.1) is 0 Å². The van der Waals surface area contributed by atoms with Crippen LogP contribution in [0.25, 0.3) is 0 Å². The van der Waals surface area contributed by atoms with Crippen molar-refractivity contribution in [2.75, 3.05) is 26.2 Å². The van der Waals surface area contributed by atoms with Gasteiger partial charge in [-0.1, -0.05) is 13.8 Å². The van der Waals surface area contributed by atoms with Crippen LogP contribution in [0.3, 0.4) is 0 Å². The van der Waals surface area contributed by atoms with Crippen molar-refractivity contribution in [1.29, 1.82) is 0 Å². The number of hydrogen-bond donors (Lipinski definition) is 1. The highest BCUT2D eigenvalue weighted by Crippen LogP contribution is 2.22. The van der Waals surface area contributed by atoms with Gasteiger partial charge in [-0.3, -0.25) is 4.90 Å². The van der Waals surface area contributed by atoms with E-state index in [9.17, 15) is 0 Å². The van der Waals surface area contributed by atoms with E-state index in [2.05, 4.69) is 51.8 Å². The monoisotopic (exact) mass is 270 g/mol. The lowest BCUT2D eigenvalue weighted by Gasteiger charge is -2.37. The summed E-state index contributed by atoms with van der Waals surface area (Å²) >= 11 is 0. The van der Waals surface area contributed by atoms with E-state index in [1.54, 1.807) is 0 Å². The molecule has 19 heavy (non-hydrogen) atoms. The summed E-state index contributed by atoms with van der Waals surface area (Å²) in [5.41, 5.74) is 0.270. The molecular weight excluding hydrogens is 236 g/mol. The second kappa shape index (κ2) is 7.05. The minimum Gasteiger partial charge on any atom is -0.375 e. The summed E-state index contributed by atoms with van der Waals surface area (Å²) in [5.74, 6) is 0. The first-order valence-corrected chi connectivity index (χ1v) is 7.95. The van der Waals surface area contributed by atoms with Crippen molar-refractivity contribution < 1.29 is 4.74 Å². The van der Waals surface area contributed by atoms with Gasteiger partial charge in [-0.25, -0.2) is 0 Å². The fourth-order valence-corrected chi connectivity index (χ4v) is 2.82. The van der Waals surface area contributed by atoms with Crippen molar-refractivity contribution >= 4 is 0 Å². The first-order valence-electron chi connectivity index (χ1n) is 7.95. The van der Waals surface area contributed by atoms with Gasteiger partial charge < -0.3 is 10.1 Å². The number of ether oxygens (including phenoxy) is 1. The molecule has 1 aliphatic heterocycles. The van der Waals surface area contributed by atoms with E-state index < -0.39 is 0 Å². The van der Waals surface area contributed by atoms with Gasteiger partial charge in [0.1, 0.15) is 0 Å². The molecule has 1 unspecified atom stereocenters. The van der Waals surface area contributed by atoms with Gasteiger partial charge in [0.05, 0.1) is 12.2 Å². The van der Waals surface area contributed by atoms with Gasteiger partial charge in [-0.2, -0.15) is 0 Å². The Morgan fingerprint density at radius 3 is 2.42 bits per heavy atom. The van der Waals surface area contributed by atoms with Gasteiger partial charge in [0.15, 0.2) is 0 Å². The molecule has 0 aromatic carbocycles. The molecule has 1 N–H and O–H groups in total. The van der Waals surface area contributed by atoms with E-state index in [1.807, 2.05) is 0 Å². The molecule has 0 spiro atoms. The third-order valence-electron chi connectivity index (χ3n) is 4.46. The van der Waals surface area contributed by atoms with Gasteiger partial charge in [0.2, 0.25) is 0 Å². The van der Waals surface area contributed by atoms with Crippen LogP contribution in [0.2, 0.25) is 0 Å². The lowest BCUT2D eigenvalue weighted by atomic mass is 9.92. The van der Waals surface area contributed by atoms with Gasteiger partial charge in [0, 0.05) is 24.7 Å². The smallest absolute Gasteiger partial charge is 0.0600 e. The summed E-state index contributed by atoms with van der Waals surface area (Å²) in [6.45, 7) is 17.5. The van der Waals surface area contributed by atoms with Gasteiger partial charge in [-0.05, 0) is 53.5 Å². The van der Waals surface area contributed by atoms with Crippen LogP contribution >= 0.6 is 0 Å². The van der Waals surface area contributed by atoms with Crippen LogP contribution in [0.4, 0.5) is 0 Å². The van der Waals surface area contributed by atoms with Crippen LogP contribution in [0.5, 0.6) is 0 Å². The SMILES string of the molecule is CCC1(CC)CN(CCOC(C)(C)C)C(C)CCN1. The summed E-state index contributed by atoms with van der Waals surface area (Å²) in [7, 11) is 0. The highest BCUT2D eigenvalue weighted by atomic mass is 16.5. The normalized spacial score (nSPS) is 25.3. The van der Waals surface area contributed by atoms with E-state index in [1.165, 1.54) is 19.3 Å². The first kappa shape index (κ1) is 16.9. The fraction of sp³-hybridized carbons (Fsp3) is 1.00. The van der Waals surface area contributed by atoms with Crippen molar-refractivity contribution in [3.8, 4) is 0 Å². The minimum absolute atomic E-state index is 0.0278. The zero-order valence-electron chi connectivity index (χ0n) is 13.9. The van der Waals surface area contributed by atoms with E-state index in [4.69, 9.17) is 4.74 Å². The van der Waals surface area contributed by atoms with Crippen LogP contribution in [0.15, 0.2) is 0 Å². The lowest BCUT2D eigenvalue weighted by molar-refractivity contribution is -0.0190. The predicted octanol–water partition coefficient (Wildman–Crippen LogP) is 3.04. The molecule has 3 heteroatoms. The zero-order chi connectivity index (χ0) is 14.5. The van der Waals surface area contributed by atoms with Crippen LogP contribution < -0.4 is 5.32 Å². The Labute approximate surface area is 120 Å². The van der Waals surface area contributed by atoms with E-state index in [-0.39, 0.29) is 5.60 Å².